The number of amides is 1. The van der Waals surface area contributed by atoms with Gasteiger partial charge >= 0.3 is 0 Å². The van der Waals surface area contributed by atoms with Crippen LogP contribution in [0.3, 0.4) is 0 Å². The van der Waals surface area contributed by atoms with Crippen LogP contribution >= 0.6 is 0 Å². The first-order valence-electron chi connectivity index (χ1n) is 5.78. The maximum atomic E-state index is 11.5. The minimum atomic E-state index is 0.188. The summed E-state index contributed by atoms with van der Waals surface area (Å²) in [6.07, 6.45) is 0. The molecule has 0 bridgehead atoms. The average Bonchev–Trinajstić information content (AvgIpc) is 2.20. The lowest BCUT2D eigenvalue weighted by Crippen LogP contribution is -2.49. The van der Waals surface area contributed by atoms with Crippen LogP contribution < -0.4 is 0 Å². The van der Waals surface area contributed by atoms with Gasteiger partial charge in [-0.25, -0.2) is 0 Å². The summed E-state index contributed by atoms with van der Waals surface area (Å²) in [5.74, 6) is 0.188. The number of nitrogens with zero attached hydrogens (tertiary/aromatic N) is 3. The summed E-state index contributed by atoms with van der Waals surface area (Å²) in [7, 11) is 3.61. The Morgan fingerprint density at radius 2 is 1.56 bits per heavy atom. The molecule has 0 spiro atoms. The number of piperazine rings is 1. The molecule has 0 N–H and O–H groups in total. The second kappa shape index (κ2) is 6.01. The monoisotopic (exact) mass is 225 g/mol. The van der Waals surface area contributed by atoms with Crippen molar-refractivity contribution in [3.8, 4) is 0 Å². The van der Waals surface area contributed by atoms with Gasteiger partial charge in [-0.2, -0.15) is 0 Å². The highest BCUT2D eigenvalue weighted by atomic mass is 16.2. The summed E-state index contributed by atoms with van der Waals surface area (Å²) < 4.78 is 0. The molecule has 0 aromatic rings. The van der Waals surface area contributed by atoms with E-state index in [2.05, 4.69) is 23.3 Å². The summed E-state index contributed by atoms with van der Waals surface area (Å²) in [5, 5.41) is 0. The number of carbonyl (C=O) groups is 1. The Morgan fingerprint density at radius 3 is 1.94 bits per heavy atom. The van der Waals surface area contributed by atoms with E-state index in [0.717, 1.165) is 32.7 Å². The molecular formula is C12H23N3O. The van der Waals surface area contributed by atoms with Gasteiger partial charge in [-0.3, -0.25) is 14.6 Å². The Morgan fingerprint density at radius 1 is 1.12 bits per heavy atom. The summed E-state index contributed by atoms with van der Waals surface area (Å²) in [4.78, 5) is 17.8. The zero-order valence-electron chi connectivity index (χ0n) is 10.7. The molecule has 4 heteroatoms. The maximum Gasteiger partial charge on any atom is 0.236 e. The van der Waals surface area contributed by atoms with Gasteiger partial charge in [-0.15, -0.1) is 0 Å². The second-order valence-corrected chi connectivity index (χ2v) is 4.80. The molecule has 0 aromatic heterocycles. The fourth-order valence-corrected chi connectivity index (χ4v) is 1.82. The highest BCUT2D eigenvalue weighted by molar-refractivity contribution is 5.77. The topological polar surface area (TPSA) is 26.8 Å². The molecular weight excluding hydrogens is 202 g/mol. The van der Waals surface area contributed by atoms with Crippen molar-refractivity contribution in [3.63, 3.8) is 0 Å². The van der Waals surface area contributed by atoms with Crippen LogP contribution in [0.4, 0.5) is 0 Å². The van der Waals surface area contributed by atoms with Crippen LogP contribution in [0.5, 0.6) is 0 Å². The van der Waals surface area contributed by atoms with Gasteiger partial charge in [-0.1, -0.05) is 12.2 Å². The summed E-state index contributed by atoms with van der Waals surface area (Å²) in [6, 6.07) is 0. The zero-order valence-corrected chi connectivity index (χ0v) is 10.7. The van der Waals surface area contributed by atoms with Gasteiger partial charge < -0.3 is 4.90 Å². The largest absolute Gasteiger partial charge is 0.348 e. The van der Waals surface area contributed by atoms with Gasteiger partial charge in [0.15, 0.2) is 0 Å². The SMILES string of the molecule is C=C(C)CN1CCN(CC(=O)N(C)C)CC1. The van der Waals surface area contributed by atoms with Crippen molar-refractivity contribution in [2.75, 3.05) is 53.4 Å². The van der Waals surface area contributed by atoms with E-state index in [9.17, 15) is 4.79 Å². The highest BCUT2D eigenvalue weighted by Crippen LogP contribution is 2.04. The van der Waals surface area contributed by atoms with Crippen molar-refractivity contribution in [1.82, 2.24) is 14.7 Å². The van der Waals surface area contributed by atoms with Crippen molar-refractivity contribution in [2.24, 2.45) is 0 Å². The first kappa shape index (κ1) is 13.2. The summed E-state index contributed by atoms with van der Waals surface area (Å²) >= 11 is 0. The Bertz CT molecular complexity index is 255. The van der Waals surface area contributed by atoms with Crippen molar-refractivity contribution in [3.05, 3.63) is 12.2 Å². The van der Waals surface area contributed by atoms with Gasteiger partial charge in [0.2, 0.25) is 5.91 Å². The van der Waals surface area contributed by atoms with Crippen LogP contribution in [0.25, 0.3) is 0 Å². The van der Waals surface area contributed by atoms with Gasteiger partial charge in [0.05, 0.1) is 6.54 Å². The lowest BCUT2D eigenvalue weighted by Gasteiger charge is -2.34. The molecule has 92 valence electrons. The average molecular weight is 225 g/mol. The number of likely N-dealkylation sites (N-methyl/N-ethyl adjacent to an activating group) is 1. The Balaban J connectivity index is 2.27. The lowest BCUT2D eigenvalue weighted by molar-refractivity contribution is -0.130. The van der Waals surface area contributed by atoms with Crippen molar-refractivity contribution in [2.45, 2.75) is 6.92 Å². The fraction of sp³-hybridized carbons (Fsp3) is 0.750. The minimum absolute atomic E-state index is 0.188. The van der Waals surface area contributed by atoms with Crippen LogP contribution in [0.2, 0.25) is 0 Å². The minimum Gasteiger partial charge on any atom is -0.348 e. The van der Waals surface area contributed by atoms with E-state index in [1.54, 1.807) is 19.0 Å². The molecule has 1 fully saturated rings. The molecule has 16 heavy (non-hydrogen) atoms. The number of carbonyl (C=O) groups excluding carboxylic acids is 1. The number of hydrogen-bond acceptors (Lipinski definition) is 3. The molecule has 1 heterocycles. The van der Waals surface area contributed by atoms with Gasteiger partial charge in [0.25, 0.3) is 0 Å². The molecule has 1 aliphatic heterocycles. The molecule has 0 radical (unpaired) electrons. The Labute approximate surface area is 98.5 Å². The van der Waals surface area contributed by atoms with E-state index in [0.29, 0.717) is 6.54 Å². The molecule has 0 atom stereocenters. The molecule has 0 aromatic carbocycles. The predicted octanol–water partition coefficient (Wildman–Crippen LogP) is 0.268. The van der Waals surface area contributed by atoms with Crippen molar-refractivity contribution in [1.29, 1.82) is 0 Å². The number of hydrogen-bond donors (Lipinski definition) is 0. The molecule has 1 aliphatic rings. The first-order chi connectivity index (χ1) is 7.49. The van der Waals surface area contributed by atoms with E-state index < -0.39 is 0 Å². The summed E-state index contributed by atoms with van der Waals surface area (Å²) in [6.45, 7) is 11.5. The van der Waals surface area contributed by atoms with E-state index in [-0.39, 0.29) is 5.91 Å². The van der Waals surface area contributed by atoms with Gasteiger partial charge in [0, 0.05) is 46.8 Å². The van der Waals surface area contributed by atoms with E-state index in [1.165, 1.54) is 5.57 Å². The maximum absolute atomic E-state index is 11.5. The van der Waals surface area contributed by atoms with Crippen LogP contribution in [0, 0.1) is 0 Å². The molecule has 0 aliphatic carbocycles. The molecule has 0 saturated carbocycles. The third kappa shape index (κ3) is 4.33. The van der Waals surface area contributed by atoms with E-state index in [4.69, 9.17) is 0 Å². The van der Waals surface area contributed by atoms with Gasteiger partial charge in [0.1, 0.15) is 0 Å². The van der Waals surface area contributed by atoms with Crippen LogP contribution in [0.15, 0.2) is 12.2 Å². The molecule has 0 unspecified atom stereocenters. The highest BCUT2D eigenvalue weighted by Gasteiger charge is 2.19. The molecule has 1 rings (SSSR count). The molecule has 4 nitrogen and oxygen atoms in total. The summed E-state index contributed by atoms with van der Waals surface area (Å²) in [5.41, 5.74) is 1.21. The fourth-order valence-electron chi connectivity index (χ4n) is 1.82. The quantitative estimate of drug-likeness (QED) is 0.643. The third-order valence-corrected chi connectivity index (χ3v) is 2.82. The standard InChI is InChI=1S/C12H23N3O/c1-11(2)9-14-5-7-15(8-6-14)10-12(16)13(3)4/h1,5-10H2,2-4H3. The van der Waals surface area contributed by atoms with Crippen LogP contribution in [-0.2, 0) is 4.79 Å². The van der Waals surface area contributed by atoms with E-state index in [1.807, 2.05) is 0 Å². The first-order valence-corrected chi connectivity index (χ1v) is 5.78. The van der Waals surface area contributed by atoms with E-state index >= 15 is 0 Å². The second-order valence-electron chi connectivity index (χ2n) is 4.80. The third-order valence-electron chi connectivity index (χ3n) is 2.82. The smallest absolute Gasteiger partial charge is 0.236 e. The van der Waals surface area contributed by atoms with Crippen molar-refractivity contribution >= 4 is 5.91 Å². The predicted molar refractivity (Wildman–Crippen MR) is 66.4 cm³/mol. The van der Waals surface area contributed by atoms with Crippen LogP contribution in [-0.4, -0.2) is 74.0 Å². The Hall–Kier alpha value is -0.870. The van der Waals surface area contributed by atoms with Crippen molar-refractivity contribution < 1.29 is 4.79 Å². The Kier molecular flexibility index (Phi) is 4.96. The number of rotatable bonds is 4. The molecule has 1 amide bonds. The zero-order chi connectivity index (χ0) is 12.1. The van der Waals surface area contributed by atoms with Gasteiger partial charge in [-0.05, 0) is 6.92 Å². The normalized spacial score (nSPS) is 18.4. The molecule has 1 saturated heterocycles. The van der Waals surface area contributed by atoms with Crippen LogP contribution in [0.1, 0.15) is 6.92 Å². The lowest BCUT2D eigenvalue weighted by atomic mass is 10.2.